The van der Waals surface area contributed by atoms with Crippen molar-refractivity contribution in [3.05, 3.63) is 11.9 Å². The second-order valence-electron chi connectivity index (χ2n) is 8.15. The van der Waals surface area contributed by atoms with Gasteiger partial charge in [0.1, 0.15) is 0 Å². The molecule has 0 bridgehead atoms. The van der Waals surface area contributed by atoms with Gasteiger partial charge in [-0.25, -0.2) is 4.68 Å². The fraction of sp³-hybridized carbons (Fsp3) is 0.895. The second-order valence-corrected chi connectivity index (χ2v) is 8.15. The van der Waals surface area contributed by atoms with Crippen molar-refractivity contribution < 1.29 is 9.47 Å². The van der Waals surface area contributed by atoms with Gasteiger partial charge in [-0.3, -0.25) is 0 Å². The van der Waals surface area contributed by atoms with Crippen molar-refractivity contribution in [2.75, 3.05) is 26.4 Å². The first-order chi connectivity index (χ1) is 11.4. The third-order valence-electron chi connectivity index (χ3n) is 3.87. The third-order valence-corrected chi connectivity index (χ3v) is 3.87. The maximum Gasteiger partial charge on any atom is 0.0827 e. The Morgan fingerprint density at radius 1 is 1.04 bits per heavy atom. The molecule has 0 radical (unpaired) electrons. The average Bonchev–Trinajstić information content (AvgIpc) is 2.93. The lowest BCUT2D eigenvalue weighted by atomic mass is 9.89. The van der Waals surface area contributed by atoms with Gasteiger partial charge in [0.25, 0.3) is 0 Å². The molecule has 1 rings (SSSR count). The number of nitrogens with zero attached hydrogens (tertiary/aromatic N) is 3. The summed E-state index contributed by atoms with van der Waals surface area (Å²) < 4.78 is 13.0. The van der Waals surface area contributed by atoms with Crippen LogP contribution >= 0.6 is 0 Å². The molecule has 0 saturated carbocycles. The molecular weight excluding hydrogens is 302 g/mol. The summed E-state index contributed by atoms with van der Waals surface area (Å²) in [5, 5.41) is 8.40. The summed E-state index contributed by atoms with van der Waals surface area (Å²) in [6.45, 7) is 14.8. The molecule has 0 aliphatic heterocycles. The molecule has 1 heterocycles. The van der Waals surface area contributed by atoms with Crippen molar-refractivity contribution in [1.82, 2.24) is 15.0 Å². The number of unbranched alkanes of at least 4 members (excludes halogenated alkanes) is 1. The van der Waals surface area contributed by atoms with Crippen molar-refractivity contribution in [3.8, 4) is 0 Å². The van der Waals surface area contributed by atoms with Gasteiger partial charge in [-0.1, -0.05) is 46.3 Å². The van der Waals surface area contributed by atoms with Crippen molar-refractivity contribution in [2.45, 2.75) is 73.3 Å². The predicted molar refractivity (Wildman–Crippen MR) is 98.1 cm³/mol. The molecule has 0 aromatic carbocycles. The number of hydrogen-bond acceptors (Lipinski definition) is 4. The monoisotopic (exact) mass is 339 g/mol. The van der Waals surface area contributed by atoms with Crippen LogP contribution in [0.15, 0.2) is 6.20 Å². The molecule has 0 unspecified atom stereocenters. The Morgan fingerprint density at radius 2 is 1.75 bits per heavy atom. The molecule has 140 valence electrons. The Morgan fingerprint density at radius 3 is 2.42 bits per heavy atom. The number of ether oxygens (including phenoxy) is 2. The van der Waals surface area contributed by atoms with Crippen LogP contribution in [-0.4, -0.2) is 41.4 Å². The quantitative estimate of drug-likeness (QED) is 0.507. The molecule has 0 fully saturated rings. The Bertz CT molecular complexity index is 424. The summed E-state index contributed by atoms with van der Waals surface area (Å²) in [7, 11) is 0. The minimum Gasteiger partial charge on any atom is -0.379 e. The van der Waals surface area contributed by atoms with Crippen molar-refractivity contribution in [3.63, 3.8) is 0 Å². The predicted octanol–water partition coefficient (Wildman–Crippen LogP) is 4.12. The second kappa shape index (κ2) is 11.6. The number of hydrogen-bond donors (Lipinski definition) is 0. The fourth-order valence-electron chi connectivity index (χ4n) is 2.32. The topological polar surface area (TPSA) is 49.2 Å². The zero-order valence-corrected chi connectivity index (χ0v) is 16.4. The van der Waals surface area contributed by atoms with Crippen LogP contribution in [0.3, 0.4) is 0 Å². The van der Waals surface area contributed by atoms with Crippen LogP contribution in [0.2, 0.25) is 0 Å². The lowest BCUT2D eigenvalue weighted by molar-refractivity contribution is 0.0404. The van der Waals surface area contributed by atoms with E-state index in [2.05, 4.69) is 44.9 Å². The van der Waals surface area contributed by atoms with E-state index in [0.29, 0.717) is 31.2 Å². The maximum atomic E-state index is 5.58. The van der Waals surface area contributed by atoms with E-state index in [1.54, 1.807) is 0 Å². The minimum absolute atomic E-state index is 0.424. The lowest BCUT2D eigenvalue weighted by Gasteiger charge is -2.17. The molecule has 5 heteroatoms. The van der Waals surface area contributed by atoms with Gasteiger partial charge >= 0.3 is 0 Å². The Balaban J connectivity index is 2.02. The van der Waals surface area contributed by atoms with Gasteiger partial charge in [0, 0.05) is 12.8 Å². The molecule has 0 saturated heterocycles. The Kier molecular flexibility index (Phi) is 10.2. The standard InChI is InChI=1S/C19H37N3O2/c1-17(2)9-12-23-14-15-24-13-11-22-16-18(20-21-22)8-6-7-10-19(3,4)5/h16-17H,6-15H2,1-5H3. The lowest BCUT2D eigenvalue weighted by Crippen LogP contribution is -2.11. The minimum atomic E-state index is 0.424. The summed E-state index contributed by atoms with van der Waals surface area (Å²) in [6, 6.07) is 0. The van der Waals surface area contributed by atoms with Gasteiger partial charge < -0.3 is 9.47 Å². The summed E-state index contributed by atoms with van der Waals surface area (Å²) >= 11 is 0. The Hall–Kier alpha value is -0.940. The summed E-state index contributed by atoms with van der Waals surface area (Å²) in [5.41, 5.74) is 1.51. The van der Waals surface area contributed by atoms with E-state index >= 15 is 0 Å². The van der Waals surface area contributed by atoms with Crippen molar-refractivity contribution in [2.24, 2.45) is 11.3 Å². The molecular formula is C19H37N3O2. The van der Waals surface area contributed by atoms with E-state index in [9.17, 15) is 0 Å². The molecule has 0 aliphatic rings. The number of aromatic nitrogens is 3. The highest BCUT2D eigenvalue weighted by molar-refractivity contribution is 4.92. The van der Waals surface area contributed by atoms with E-state index in [1.165, 1.54) is 19.3 Å². The van der Waals surface area contributed by atoms with Gasteiger partial charge in [0.05, 0.1) is 32.1 Å². The third kappa shape index (κ3) is 11.6. The van der Waals surface area contributed by atoms with E-state index in [-0.39, 0.29) is 0 Å². The maximum absolute atomic E-state index is 5.58. The SMILES string of the molecule is CC(C)CCOCCOCCn1cc(CCCCC(C)(C)C)nn1. The molecule has 0 atom stereocenters. The van der Waals surface area contributed by atoms with Crippen LogP contribution in [-0.2, 0) is 22.4 Å². The van der Waals surface area contributed by atoms with Gasteiger partial charge in [0.15, 0.2) is 0 Å². The molecule has 5 nitrogen and oxygen atoms in total. The molecule has 1 aromatic heterocycles. The van der Waals surface area contributed by atoms with Crippen molar-refractivity contribution >= 4 is 0 Å². The molecule has 1 aromatic rings. The summed E-state index contributed by atoms with van der Waals surface area (Å²) in [4.78, 5) is 0. The molecule has 0 N–H and O–H groups in total. The van der Waals surface area contributed by atoms with Crippen LogP contribution in [0.1, 0.15) is 66.0 Å². The van der Waals surface area contributed by atoms with Crippen LogP contribution in [0.4, 0.5) is 0 Å². The number of rotatable bonds is 13. The fourth-order valence-corrected chi connectivity index (χ4v) is 2.32. The zero-order chi connectivity index (χ0) is 17.8. The van der Waals surface area contributed by atoms with E-state index < -0.39 is 0 Å². The van der Waals surface area contributed by atoms with Crippen LogP contribution in [0.25, 0.3) is 0 Å². The molecule has 24 heavy (non-hydrogen) atoms. The molecule has 0 amide bonds. The van der Waals surface area contributed by atoms with Gasteiger partial charge in [0.2, 0.25) is 0 Å². The van der Waals surface area contributed by atoms with E-state index in [4.69, 9.17) is 9.47 Å². The van der Waals surface area contributed by atoms with Gasteiger partial charge in [-0.2, -0.15) is 0 Å². The summed E-state index contributed by atoms with van der Waals surface area (Å²) in [6.07, 6.45) is 7.85. The largest absolute Gasteiger partial charge is 0.379 e. The normalized spacial score (nSPS) is 12.2. The van der Waals surface area contributed by atoms with Crippen LogP contribution < -0.4 is 0 Å². The zero-order valence-electron chi connectivity index (χ0n) is 16.4. The highest BCUT2D eigenvalue weighted by atomic mass is 16.5. The first-order valence-corrected chi connectivity index (χ1v) is 9.41. The first kappa shape index (κ1) is 21.1. The van der Waals surface area contributed by atoms with Gasteiger partial charge in [-0.15, -0.1) is 5.10 Å². The molecule has 0 aliphatic carbocycles. The highest BCUT2D eigenvalue weighted by Crippen LogP contribution is 2.21. The summed E-state index contributed by atoms with van der Waals surface area (Å²) in [5.74, 6) is 0.695. The first-order valence-electron chi connectivity index (χ1n) is 9.41. The number of aryl methyl sites for hydroxylation is 1. The van der Waals surface area contributed by atoms with Crippen LogP contribution in [0, 0.1) is 11.3 Å². The van der Waals surface area contributed by atoms with Crippen LogP contribution in [0.5, 0.6) is 0 Å². The van der Waals surface area contributed by atoms with Crippen molar-refractivity contribution in [1.29, 1.82) is 0 Å². The van der Waals surface area contributed by atoms with Gasteiger partial charge in [-0.05, 0) is 37.0 Å². The smallest absolute Gasteiger partial charge is 0.0827 e. The average molecular weight is 340 g/mol. The highest BCUT2D eigenvalue weighted by Gasteiger charge is 2.09. The Labute approximate surface area is 148 Å². The van der Waals surface area contributed by atoms with E-state index in [1.807, 2.05) is 10.9 Å². The van der Waals surface area contributed by atoms with E-state index in [0.717, 1.165) is 31.7 Å². The molecule has 0 spiro atoms.